The summed E-state index contributed by atoms with van der Waals surface area (Å²) in [5, 5.41) is 32.3. The van der Waals surface area contributed by atoms with E-state index in [1.54, 1.807) is 12.1 Å². The summed E-state index contributed by atoms with van der Waals surface area (Å²) in [6.07, 6.45) is 1.54. The Bertz CT molecular complexity index is 1540. The number of benzene rings is 3. The predicted octanol–water partition coefficient (Wildman–Crippen LogP) is 5.25. The van der Waals surface area contributed by atoms with Crippen molar-refractivity contribution in [3.63, 3.8) is 0 Å². The molecule has 1 aliphatic heterocycles. The van der Waals surface area contributed by atoms with Crippen molar-refractivity contribution in [2.75, 3.05) is 19.0 Å². The van der Waals surface area contributed by atoms with E-state index in [-0.39, 0.29) is 29.6 Å². The van der Waals surface area contributed by atoms with Crippen molar-refractivity contribution in [3.8, 4) is 5.75 Å². The third-order valence-corrected chi connectivity index (χ3v) is 15.5. The van der Waals surface area contributed by atoms with Crippen LogP contribution in [0, 0.1) is 0 Å². The number of hydrogen-bond acceptors (Lipinski definition) is 6. The van der Waals surface area contributed by atoms with E-state index in [1.807, 2.05) is 49.4 Å². The fourth-order valence-corrected chi connectivity index (χ4v) is 12.7. The molecule has 2 atom stereocenters. The SMILES string of the molecule is C/C(=C\c1ccc(O)cc1Cl)CC[C@@H](O)C1=C(CO[Si](c2ccccc2)(c2ccccc2)C(C)(C)C)CS(=O)(=O)[C@H]1CO. The predicted molar refractivity (Wildman–Crippen MR) is 177 cm³/mol. The topological polar surface area (TPSA) is 104 Å². The van der Waals surface area contributed by atoms with Gasteiger partial charge in [-0.3, -0.25) is 0 Å². The maximum Gasteiger partial charge on any atom is 0.261 e. The first-order chi connectivity index (χ1) is 20.3. The van der Waals surface area contributed by atoms with Crippen LogP contribution in [0.15, 0.2) is 95.6 Å². The third-order valence-electron chi connectivity index (χ3n) is 8.17. The summed E-state index contributed by atoms with van der Waals surface area (Å²) in [5.41, 5.74) is 2.53. The first kappa shape index (κ1) is 33.2. The minimum absolute atomic E-state index is 0.0351. The Morgan fingerprint density at radius 3 is 2.14 bits per heavy atom. The highest BCUT2D eigenvalue weighted by molar-refractivity contribution is 7.92. The van der Waals surface area contributed by atoms with Gasteiger partial charge >= 0.3 is 0 Å². The van der Waals surface area contributed by atoms with Crippen molar-refractivity contribution in [2.45, 2.75) is 56.9 Å². The number of phenolic OH excluding ortho intramolecular Hbond substituents is 1. The summed E-state index contributed by atoms with van der Waals surface area (Å²) in [6.45, 7) is 7.80. The fraction of sp³-hybridized carbons (Fsp3) is 0.353. The van der Waals surface area contributed by atoms with Crippen LogP contribution in [0.2, 0.25) is 10.1 Å². The third kappa shape index (κ3) is 7.17. The van der Waals surface area contributed by atoms with E-state index in [0.717, 1.165) is 21.5 Å². The molecule has 0 aliphatic carbocycles. The van der Waals surface area contributed by atoms with Crippen LogP contribution in [-0.2, 0) is 14.3 Å². The molecule has 43 heavy (non-hydrogen) atoms. The number of aromatic hydroxyl groups is 1. The van der Waals surface area contributed by atoms with Crippen LogP contribution in [0.3, 0.4) is 0 Å². The number of aliphatic hydroxyl groups is 2. The molecule has 9 heteroatoms. The van der Waals surface area contributed by atoms with Crippen LogP contribution in [0.5, 0.6) is 5.75 Å². The van der Waals surface area contributed by atoms with Crippen LogP contribution in [0.4, 0.5) is 0 Å². The standard InChI is InChI=1S/C34H41ClO6SSi/c1-24(19-25-16-17-27(37)20-30(25)35)15-18-31(38)33-26(23-42(39,40)32(33)21-36)22-41-43(34(2,3)4,28-11-7-5-8-12-28)29-13-9-6-10-14-29/h5-14,16-17,19-20,31-32,36-38H,15,18,21-23H2,1-4H3/b24-19+/t31-,32+/m1/s1. The molecule has 0 aromatic heterocycles. The summed E-state index contributed by atoms with van der Waals surface area (Å²) in [6, 6.07) is 24.9. The molecule has 3 N–H and O–H groups in total. The van der Waals surface area contributed by atoms with Crippen LogP contribution < -0.4 is 10.4 Å². The van der Waals surface area contributed by atoms with Gasteiger partial charge in [0.05, 0.1) is 30.1 Å². The summed E-state index contributed by atoms with van der Waals surface area (Å²) < 4.78 is 33.5. The van der Waals surface area contributed by atoms with Crippen LogP contribution in [-0.4, -0.2) is 62.4 Å². The highest BCUT2D eigenvalue weighted by Crippen LogP contribution is 2.39. The van der Waals surface area contributed by atoms with Gasteiger partial charge in [-0.2, -0.15) is 0 Å². The van der Waals surface area contributed by atoms with Crippen molar-refractivity contribution in [1.82, 2.24) is 0 Å². The molecule has 4 rings (SSSR count). The number of allylic oxidation sites excluding steroid dienone is 1. The summed E-state index contributed by atoms with van der Waals surface area (Å²) in [4.78, 5) is 0. The molecule has 0 amide bonds. The zero-order chi connectivity index (χ0) is 31.4. The van der Waals surface area contributed by atoms with Crippen LogP contribution in [0.25, 0.3) is 6.08 Å². The molecule has 0 unspecified atom stereocenters. The maximum absolute atomic E-state index is 13.2. The minimum Gasteiger partial charge on any atom is -0.508 e. The number of hydrogen-bond donors (Lipinski definition) is 3. The Kier molecular flexibility index (Phi) is 10.4. The van der Waals surface area contributed by atoms with Crippen LogP contribution in [0.1, 0.15) is 46.1 Å². The Morgan fingerprint density at radius 1 is 1.05 bits per heavy atom. The van der Waals surface area contributed by atoms with E-state index in [1.165, 1.54) is 6.07 Å². The Balaban J connectivity index is 1.68. The average molecular weight is 641 g/mol. The largest absolute Gasteiger partial charge is 0.508 e. The molecule has 0 spiro atoms. The van der Waals surface area contributed by atoms with Gasteiger partial charge in [-0.15, -0.1) is 0 Å². The number of sulfone groups is 1. The van der Waals surface area contributed by atoms with Gasteiger partial charge in [0.15, 0.2) is 9.84 Å². The molecule has 0 saturated heterocycles. The molecule has 6 nitrogen and oxygen atoms in total. The quantitative estimate of drug-likeness (QED) is 0.195. The summed E-state index contributed by atoms with van der Waals surface area (Å²) >= 11 is 6.25. The highest BCUT2D eigenvalue weighted by Gasteiger charge is 2.51. The van der Waals surface area contributed by atoms with Gasteiger partial charge in [0.25, 0.3) is 8.32 Å². The van der Waals surface area contributed by atoms with Gasteiger partial charge in [-0.25, -0.2) is 8.42 Å². The van der Waals surface area contributed by atoms with E-state index in [9.17, 15) is 23.7 Å². The lowest BCUT2D eigenvalue weighted by Crippen LogP contribution is -2.66. The second-order valence-corrected chi connectivity index (χ2v) is 19.1. The first-order valence-electron chi connectivity index (χ1n) is 14.4. The normalized spacial score (nSPS) is 18.2. The van der Waals surface area contributed by atoms with E-state index in [4.69, 9.17) is 16.0 Å². The molecule has 0 saturated carbocycles. The van der Waals surface area contributed by atoms with E-state index in [2.05, 4.69) is 45.0 Å². The second-order valence-electron chi connectivity index (χ2n) is 12.2. The Labute approximate surface area is 261 Å². The molecular weight excluding hydrogens is 600 g/mol. The van der Waals surface area contributed by atoms with Crippen molar-refractivity contribution >= 4 is 46.2 Å². The van der Waals surface area contributed by atoms with Gasteiger partial charge in [-0.05, 0) is 70.1 Å². The van der Waals surface area contributed by atoms with E-state index >= 15 is 0 Å². The van der Waals surface area contributed by atoms with Gasteiger partial charge in [-0.1, -0.05) is 105 Å². The zero-order valence-corrected chi connectivity index (χ0v) is 27.7. The number of phenols is 1. The summed E-state index contributed by atoms with van der Waals surface area (Å²) in [5.74, 6) is -0.187. The number of halogens is 1. The van der Waals surface area contributed by atoms with E-state index in [0.29, 0.717) is 22.6 Å². The number of aliphatic hydroxyl groups excluding tert-OH is 2. The monoisotopic (exact) mass is 640 g/mol. The lowest BCUT2D eigenvalue weighted by molar-refractivity contribution is 0.187. The molecule has 1 aliphatic rings. The van der Waals surface area contributed by atoms with Gasteiger partial charge in [0.2, 0.25) is 0 Å². The minimum atomic E-state index is -3.71. The lowest BCUT2D eigenvalue weighted by Gasteiger charge is -2.43. The molecule has 1 heterocycles. The number of rotatable bonds is 11. The Morgan fingerprint density at radius 2 is 1.63 bits per heavy atom. The van der Waals surface area contributed by atoms with Gasteiger partial charge in [0.1, 0.15) is 11.0 Å². The molecule has 0 fully saturated rings. The van der Waals surface area contributed by atoms with Gasteiger partial charge < -0.3 is 19.7 Å². The van der Waals surface area contributed by atoms with Gasteiger partial charge in [0, 0.05) is 0 Å². The lowest BCUT2D eigenvalue weighted by atomic mass is 9.95. The fourth-order valence-electron chi connectivity index (χ4n) is 6.08. The molecule has 230 valence electrons. The van der Waals surface area contributed by atoms with Crippen molar-refractivity contribution in [2.24, 2.45) is 0 Å². The molecule has 3 aromatic rings. The Hall–Kier alpha value is -2.72. The van der Waals surface area contributed by atoms with Crippen molar-refractivity contribution in [1.29, 1.82) is 0 Å². The van der Waals surface area contributed by atoms with Crippen LogP contribution >= 0.6 is 11.6 Å². The molecule has 0 radical (unpaired) electrons. The highest BCUT2D eigenvalue weighted by atomic mass is 35.5. The van der Waals surface area contributed by atoms with E-state index < -0.39 is 36.1 Å². The molecular formula is C34H41ClO6SSi. The molecule has 3 aromatic carbocycles. The zero-order valence-electron chi connectivity index (χ0n) is 25.1. The second kappa shape index (κ2) is 13.5. The summed E-state index contributed by atoms with van der Waals surface area (Å²) in [7, 11) is -6.68. The van der Waals surface area contributed by atoms with Crippen molar-refractivity contribution < 1.29 is 28.2 Å². The van der Waals surface area contributed by atoms with Crippen molar-refractivity contribution in [3.05, 3.63) is 106 Å². The average Bonchev–Trinajstić information content (AvgIpc) is 3.23. The first-order valence-corrected chi connectivity index (χ1v) is 18.4. The maximum atomic E-state index is 13.2. The molecule has 0 bridgehead atoms. The smallest absolute Gasteiger partial charge is 0.261 e.